The van der Waals surface area contributed by atoms with Crippen molar-refractivity contribution in [3.63, 3.8) is 0 Å². The molecule has 0 radical (unpaired) electrons. The van der Waals surface area contributed by atoms with Gasteiger partial charge in [0.2, 0.25) is 5.88 Å². The zero-order valence-electron chi connectivity index (χ0n) is 16.9. The van der Waals surface area contributed by atoms with E-state index in [-0.39, 0.29) is 17.0 Å². The van der Waals surface area contributed by atoms with Crippen molar-refractivity contribution in [2.45, 2.75) is 44.6 Å². The quantitative estimate of drug-likeness (QED) is 0.734. The van der Waals surface area contributed by atoms with Gasteiger partial charge in [-0.05, 0) is 55.4 Å². The third-order valence-electron chi connectivity index (χ3n) is 5.84. The first-order chi connectivity index (χ1) is 14.3. The number of benzene rings is 1. The Balaban J connectivity index is 1.90. The van der Waals surface area contributed by atoms with Gasteiger partial charge in [0, 0.05) is 11.8 Å². The van der Waals surface area contributed by atoms with Crippen LogP contribution in [0, 0.1) is 17.6 Å². The number of hydrogen-bond donors (Lipinski definition) is 2. The van der Waals surface area contributed by atoms with Gasteiger partial charge in [-0.2, -0.15) is 0 Å². The van der Waals surface area contributed by atoms with Crippen LogP contribution in [0.2, 0.25) is 0 Å². The number of amides is 1. The number of ether oxygens (including phenoxy) is 1. The Kier molecular flexibility index (Phi) is 6.34. The van der Waals surface area contributed by atoms with E-state index in [4.69, 9.17) is 4.74 Å². The molecule has 0 bridgehead atoms. The molecule has 1 fully saturated rings. The van der Waals surface area contributed by atoms with Gasteiger partial charge in [-0.1, -0.05) is 19.4 Å². The standard InChI is InChI=1S/C22H24F2N2O4/c1-3-13-6-8-22(9-7-13,21(28)29)26-19(27)15-10-16(20(30-2)25-12-15)14-4-5-17(23)18(24)11-14/h4-5,10-13H,3,6-9H2,1-2H3,(H,26,27)(H,28,29)/t13-,22+. The molecule has 2 N–H and O–H groups in total. The molecule has 0 spiro atoms. The minimum atomic E-state index is -1.33. The number of aromatic nitrogens is 1. The zero-order valence-corrected chi connectivity index (χ0v) is 16.9. The van der Waals surface area contributed by atoms with Crippen molar-refractivity contribution in [1.29, 1.82) is 0 Å². The number of carboxylic acid groups (broad SMARTS) is 1. The van der Waals surface area contributed by atoms with Crippen LogP contribution in [0.15, 0.2) is 30.5 Å². The summed E-state index contributed by atoms with van der Waals surface area (Å²) in [6.07, 6.45) is 4.40. The number of carbonyl (C=O) groups excluding carboxylic acids is 1. The number of carbonyl (C=O) groups is 2. The van der Waals surface area contributed by atoms with E-state index in [1.807, 2.05) is 0 Å². The summed E-state index contributed by atoms with van der Waals surface area (Å²) in [5, 5.41) is 12.5. The maximum atomic E-state index is 13.7. The molecule has 0 aliphatic heterocycles. The van der Waals surface area contributed by atoms with Gasteiger partial charge >= 0.3 is 5.97 Å². The van der Waals surface area contributed by atoms with Crippen molar-refractivity contribution in [1.82, 2.24) is 10.3 Å². The van der Waals surface area contributed by atoms with E-state index < -0.39 is 29.0 Å². The molecule has 0 unspecified atom stereocenters. The fourth-order valence-electron chi connectivity index (χ4n) is 3.87. The maximum Gasteiger partial charge on any atom is 0.329 e. The van der Waals surface area contributed by atoms with E-state index in [1.54, 1.807) is 0 Å². The lowest BCUT2D eigenvalue weighted by Crippen LogP contribution is -2.56. The number of carboxylic acids is 1. The summed E-state index contributed by atoms with van der Waals surface area (Å²) in [4.78, 5) is 28.9. The first-order valence-corrected chi connectivity index (χ1v) is 9.85. The number of aliphatic carboxylic acids is 1. The van der Waals surface area contributed by atoms with Crippen molar-refractivity contribution >= 4 is 11.9 Å². The van der Waals surface area contributed by atoms with Gasteiger partial charge in [-0.25, -0.2) is 18.6 Å². The van der Waals surface area contributed by atoms with Gasteiger partial charge in [-0.3, -0.25) is 4.79 Å². The van der Waals surface area contributed by atoms with Gasteiger partial charge in [0.15, 0.2) is 11.6 Å². The Bertz CT molecular complexity index is 956. The average Bonchev–Trinajstić information content (AvgIpc) is 2.75. The summed E-state index contributed by atoms with van der Waals surface area (Å²) in [6, 6.07) is 4.75. The highest BCUT2D eigenvalue weighted by Gasteiger charge is 2.43. The number of nitrogens with zero attached hydrogens (tertiary/aromatic N) is 1. The van der Waals surface area contributed by atoms with E-state index in [0.29, 0.717) is 24.3 Å². The van der Waals surface area contributed by atoms with Gasteiger partial charge in [0.25, 0.3) is 5.91 Å². The third kappa shape index (κ3) is 4.27. The molecule has 1 amide bonds. The molecule has 1 aromatic heterocycles. The molecule has 6 nitrogen and oxygen atoms in total. The van der Waals surface area contributed by atoms with Crippen molar-refractivity contribution in [2.24, 2.45) is 5.92 Å². The highest BCUT2D eigenvalue weighted by molar-refractivity contribution is 5.98. The molecule has 160 valence electrons. The van der Waals surface area contributed by atoms with Gasteiger partial charge in [-0.15, -0.1) is 0 Å². The van der Waals surface area contributed by atoms with E-state index in [2.05, 4.69) is 17.2 Å². The number of nitrogens with one attached hydrogen (secondary N) is 1. The zero-order chi connectivity index (χ0) is 21.9. The number of halogens is 2. The maximum absolute atomic E-state index is 13.7. The molecule has 2 aromatic rings. The van der Waals surface area contributed by atoms with Crippen LogP contribution in [0.5, 0.6) is 5.88 Å². The van der Waals surface area contributed by atoms with Gasteiger partial charge in [0.05, 0.1) is 12.7 Å². The fraction of sp³-hybridized carbons (Fsp3) is 0.409. The second kappa shape index (κ2) is 8.77. The number of pyridine rings is 1. The van der Waals surface area contributed by atoms with Crippen molar-refractivity contribution < 1.29 is 28.2 Å². The normalized spacial score (nSPS) is 21.1. The van der Waals surface area contributed by atoms with E-state index in [1.165, 1.54) is 25.4 Å². The minimum Gasteiger partial charge on any atom is -0.481 e. The predicted molar refractivity (Wildman–Crippen MR) is 106 cm³/mol. The summed E-state index contributed by atoms with van der Waals surface area (Å²) in [6.45, 7) is 2.07. The first-order valence-electron chi connectivity index (χ1n) is 9.85. The van der Waals surface area contributed by atoms with Crippen LogP contribution in [-0.4, -0.2) is 34.6 Å². The molecule has 1 saturated carbocycles. The largest absolute Gasteiger partial charge is 0.481 e. The molecule has 0 saturated heterocycles. The van der Waals surface area contributed by atoms with Crippen molar-refractivity contribution in [3.05, 3.63) is 47.7 Å². The molecule has 30 heavy (non-hydrogen) atoms. The lowest BCUT2D eigenvalue weighted by molar-refractivity contribution is -0.146. The van der Waals surface area contributed by atoms with Crippen LogP contribution in [-0.2, 0) is 4.79 Å². The van der Waals surface area contributed by atoms with Gasteiger partial charge in [0.1, 0.15) is 5.54 Å². The van der Waals surface area contributed by atoms with E-state index in [9.17, 15) is 23.5 Å². The second-order valence-electron chi connectivity index (χ2n) is 7.60. The highest BCUT2D eigenvalue weighted by Crippen LogP contribution is 2.35. The summed E-state index contributed by atoms with van der Waals surface area (Å²) in [5.41, 5.74) is -0.647. The second-order valence-corrected chi connectivity index (χ2v) is 7.60. The average molecular weight is 418 g/mol. The Morgan fingerprint density at radius 1 is 1.23 bits per heavy atom. The molecule has 1 aliphatic rings. The highest BCUT2D eigenvalue weighted by atomic mass is 19.2. The number of methoxy groups -OCH3 is 1. The Hall–Kier alpha value is -3.03. The van der Waals surface area contributed by atoms with Gasteiger partial charge < -0.3 is 15.2 Å². The Morgan fingerprint density at radius 3 is 2.50 bits per heavy atom. The summed E-state index contributed by atoms with van der Waals surface area (Å²) in [5.74, 6) is -3.10. The lowest BCUT2D eigenvalue weighted by atomic mass is 9.75. The van der Waals surface area contributed by atoms with Crippen LogP contribution in [0.4, 0.5) is 8.78 Å². The summed E-state index contributed by atoms with van der Waals surface area (Å²) in [7, 11) is 1.37. The summed E-state index contributed by atoms with van der Waals surface area (Å²) >= 11 is 0. The van der Waals surface area contributed by atoms with E-state index >= 15 is 0 Å². The minimum absolute atomic E-state index is 0.105. The topological polar surface area (TPSA) is 88.5 Å². The lowest BCUT2D eigenvalue weighted by Gasteiger charge is -2.37. The van der Waals surface area contributed by atoms with Crippen LogP contribution < -0.4 is 10.1 Å². The van der Waals surface area contributed by atoms with Crippen LogP contribution in [0.1, 0.15) is 49.4 Å². The van der Waals surface area contributed by atoms with Crippen molar-refractivity contribution in [2.75, 3.05) is 7.11 Å². The molecule has 3 rings (SSSR count). The molecule has 1 aromatic carbocycles. The van der Waals surface area contributed by atoms with E-state index in [0.717, 1.165) is 31.4 Å². The molecular formula is C22H24F2N2O4. The first kappa shape index (κ1) is 21.7. The SMILES string of the molecule is CC[C@H]1CC[C@](NC(=O)c2cnc(OC)c(-c3ccc(F)c(F)c3)c2)(C(=O)O)CC1. The summed E-state index contributed by atoms with van der Waals surface area (Å²) < 4.78 is 32.2. The van der Waals surface area contributed by atoms with Crippen molar-refractivity contribution in [3.8, 4) is 17.0 Å². The van der Waals surface area contributed by atoms with Crippen LogP contribution in [0.25, 0.3) is 11.1 Å². The predicted octanol–water partition coefficient (Wildman–Crippen LogP) is 4.19. The van der Waals surface area contributed by atoms with Crippen LogP contribution >= 0.6 is 0 Å². The molecule has 8 heteroatoms. The number of rotatable bonds is 6. The Labute approximate surface area is 173 Å². The fourth-order valence-corrected chi connectivity index (χ4v) is 3.87. The Morgan fingerprint density at radius 2 is 1.93 bits per heavy atom. The number of hydrogen-bond acceptors (Lipinski definition) is 4. The molecule has 0 atom stereocenters. The smallest absolute Gasteiger partial charge is 0.329 e. The van der Waals surface area contributed by atoms with Crippen LogP contribution in [0.3, 0.4) is 0 Å². The third-order valence-corrected chi connectivity index (χ3v) is 5.84. The molecule has 1 heterocycles. The monoisotopic (exact) mass is 418 g/mol. The molecular weight excluding hydrogens is 394 g/mol. The molecule has 1 aliphatic carbocycles.